The highest BCUT2D eigenvalue weighted by Gasteiger charge is 2.32. The summed E-state index contributed by atoms with van der Waals surface area (Å²) in [6.45, 7) is 3.56. The normalized spacial score (nSPS) is 20.0. The number of hydrogen-bond donors (Lipinski definition) is 0. The lowest BCUT2D eigenvalue weighted by atomic mass is 9.87. The molecule has 1 amide bonds. The van der Waals surface area contributed by atoms with E-state index >= 15 is 0 Å². The monoisotopic (exact) mass is 390 g/mol. The molecular weight excluding hydrogens is 360 g/mol. The molecule has 1 aromatic heterocycles. The Morgan fingerprint density at radius 3 is 2.41 bits per heavy atom. The van der Waals surface area contributed by atoms with Gasteiger partial charge in [-0.2, -0.15) is 0 Å². The third kappa shape index (κ3) is 3.75. The van der Waals surface area contributed by atoms with E-state index in [1.54, 1.807) is 0 Å². The van der Waals surface area contributed by atoms with E-state index in [1.807, 2.05) is 18.2 Å². The molecule has 1 aromatic carbocycles. The summed E-state index contributed by atoms with van der Waals surface area (Å²) in [4.78, 5) is 27.6. The first-order valence-electron chi connectivity index (χ1n) is 11.3. The van der Waals surface area contributed by atoms with Crippen LogP contribution in [0.2, 0.25) is 0 Å². The Balaban J connectivity index is 1.47. The minimum Gasteiger partial charge on any atom is -0.356 e. The van der Waals surface area contributed by atoms with Crippen LogP contribution in [0.25, 0.3) is 11.4 Å². The van der Waals surface area contributed by atoms with Crippen LogP contribution in [-0.2, 0) is 17.8 Å². The Morgan fingerprint density at radius 1 is 0.897 bits per heavy atom. The van der Waals surface area contributed by atoms with Gasteiger partial charge in [-0.25, -0.2) is 9.97 Å². The molecule has 3 heterocycles. The van der Waals surface area contributed by atoms with Crippen LogP contribution in [-0.4, -0.2) is 40.4 Å². The first kappa shape index (κ1) is 18.6. The van der Waals surface area contributed by atoms with Gasteiger partial charge >= 0.3 is 0 Å². The molecule has 5 rings (SSSR count). The van der Waals surface area contributed by atoms with Crippen LogP contribution in [0.15, 0.2) is 30.3 Å². The number of hydrogen-bond acceptors (Lipinski definition) is 4. The molecule has 1 aliphatic carbocycles. The number of nitrogens with zero attached hydrogens (tertiary/aromatic N) is 4. The predicted molar refractivity (Wildman–Crippen MR) is 115 cm³/mol. The molecule has 2 aliphatic heterocycles. The molecule has 1 saturated carbocycles. The average Bonchev–Trinajstić information content (AvgIpc) is 3.33. The molecular formula is C24H30N4O. The van der Waals surface area contributed by atoms with Gasteiger partial charge in [0.15, 0.2) is 5.82 Å². The summed E-state index contributed by atoms with van der Waals surface area (Å²) in [7, 11) is 0. The number of rotatable bonds is 3. The van der Waals surface area contributed by atoms with Crippen LogP contribution in [0, 0.1) is 5.92 Å². The van der Waals surface area contributed by atoms with Crippen molar-refractivity contribution < 1.29 is 4.79 Å². The van der Waals surface area contributed by atoms with Crippen molar-refractivity contribution in [2.75, 3.05) is 24.5 Å². The Morgan fingerprint density at radius 2 is 1.66 bits per heavy atom. The van der Waals surface area contributed by atoms with E-state index in [9.17, 15) is 4.79 Å². The van der Waals surface area contributed by atoms with E-state index < -0.39 is 0 Å². The molecule has 152 valence electrons. The smallest absolute Gasteiger partial charge is 0.225 e. The zero-order valence-corrected chi connectivity index (χ0v) is 17.1. The summed E-state index contributed by atoms with van der Waals surface area (Å²) in [5, 5.41) is 0. The van der Waals surface area contributed by atoms with Crippen molar-refractivity contribution in [1.82, 2.24) is 14.9 Å². The minimum absolute atomic E-state index is 0.227. The van der Waals surface area contributed by atoms with Crippen LogP contribution in [0.5, 0.6) is 0 Å². The second-order valence-electron chi connectivity index (χ2n) is 8.70. The second kappa shape index (κ2) is 8.13. The predicted octanol–water partition coefficient (Wildman–Crippen LogP) is 4.21. The van der Waals surface area contributed by atoms with Crippen molar-refractivity contribution in [1.29, 1.82) is 0 Å². The highest BCUT2D eigenvalue weighted by atomic mass is 16.2. The molecule has 0 radical (unpaired) electrons. The lowest BCUT2D eigenvalue weighted by molar-refractivity contribution is -0.137. The van der Waals surface area contributed by atoms with Crippen LogP contribution in [0.1, 0.15) is 56.2 Å². The molecule has 2 fully saturated rings. The van der Waals surface area contributed by atoms with Gasteiger partial charge in [-0.15, -0.1) is 0 Å². The number of aromatic nitrogens is 2. The molecule has 5 heteroatoms. The Bertz CT molecular complexity index is 870. The van der Waals surface area contributed by atoms with Crippen molar-refractivity contribution in [3.05, 3.63) is 41.6 Å². The average molecular weight is 391 g/mol. The zero-order chi connectivity index (χ0) is 19.6. The maximum absolute atomic E-state index is 13.2. The van der Waals surface area contributed by atoms with Crippen molar-refractivity contribution in [3.8, 4) is 11.4 Å². The zero-order valence-electron chi connectivity index (χ0n) is 17.1. The minimum atomic E-state index is 0.227. The van der Waals surface area contributed by atoms with Crippen molar-refractivity contribution >= 4 is 11.7 Å². The molecule has 29 heavy (non-hydrogen) atoms. The highest BCUT2D eigenvalue weighted by molar-refractivity contribution is 5.79. The summed E-state index contributed by atoms with van der Waals surface area (Å²) < 4.78 is 0. The third-order valence-electron chi connectivity index (χ3n) is 6.74. The maximum Gasteiger partial charge on any atom is 0.225 e. The van der Waals surface area contributed by atoms with Gasteiger partial charge in [0.25, 0.3) is 0 Å². The lowest BCUT2D eigenvalue weighted by Crippen LogP contribution is -2.41. The number of fused-ring (bicyclic) bond motifs is 1. The molecule has 5 nitrogen and oxygen atoms in total. The van der Waals surface area contributed by atoms with E-state index in [4.69, 9.17) is 9.97 Å². The largest absolute Gasteiger partial charge is 0.356 e. The summed E-state index contributed by atoms with van der Waals surface area (Å²) >= 11 is 0. The van der Waals surface area contributed by atoms with Crippen LogP contribution >= 0.6 is 0 Å². The number of anilines is 1. The van der Waals surface area contributed by atoms with Gasteiger partial charge in [-0.1, -0.05) is 49.6 Å². The van der Waals surface area contributed by atoms with E-state index in [-0.39, 0.29) is 5.92 Å². The van der Waals surface area contributed by atoms with Crippen molar-refractivity contribution in [3.63, 3.8) is 0 Å². The van der Waals surface area contributed by atoms with Gasteiger partial charge in [0, 0.05) is 43.1 Å². The number of carbonyl (C=O) groups is 1. The van der Waals surface area contributed by atoms with Gasteiger partial charge in [-0.05, 0) is 25.7 Å². The Hall–Kier alpha value is -2.43. The topological polar surface area (TPSA) is 49.3 Å². The SMILES string of the molecule is O=C(C1CCCCC1)N1CCc2nc(-c3ccccc3)nc(N3CCCC3)c2C1. The fourth-order valence-corrected chi connectivity index (χ4v) is 5.10. The van der Waals surface area contributed by atoms with Gasteiger partial charge in [-0.3, -0.25) is 4.79 Å². The van der Waals surface area contributed by atoms with Gasteiger partial charge in [0.1, 0.15) is 5.82 Å². The Kier molecular flexibility index (Phi) is 5.21. The van der Waals surface area contributed by atoms with Crippen LogP contribution in [0.3, 0.4) is 0 Å². The quantitative estimate of drug-likeness (QED) is 0.788. The van der Waals surface area contributed by atoms with E-state index in [0.717, 1.165) is 61.8 Å². The van der Waals surface area contributed by atoms with Gasteiger partial charge in [0.2, 0.25) is 5.91 Å². The lowest BCUT2D eigenvalue weighted by Gasteiger charge is -2.34. The molecule has 0 bridgehead atoms. The second-order valence-corrected chi connectivity index (χ2v) is 8.70. The number of benzene rings is 1. The van der Waals surface area contributed by atoms with Gasteiger partial charge < -0.3 is 9.80 Å². The molecule has 0 atom stereocenters. The first-order chi connectivity index (χ1) is 14.3. The van der Waals surface area contributed by atoms with Crippen molar-refractivity contribution in [2.24, 2.45) is 5.92 Å². The van der Waals surface area contributed by atoms with Crippen molar-refractivity contribution in [2.45, 2.75) is 57.9 Å². The number of amides is 1. The molecule has 2 aromatic rings. The molecule has 1 saturated heterocycles. The van der Waals surface area contributed by atoms with E-state index in [1.165, 1.54) is 37.7 Å². The molecule has 0 N–H and O–H groups in total. The van der Waals surface area contributed by atoms with E-state index in [2.05, 4.69) is 21.9 Å². The fraction of sp³-hybridized carbons (Fsp3) is 0.542. The summed E-state index contributed by atoms with van der Waals surface area (Å²) in [5.74, 6) is 2.46. The summed E-state index contributed by atoms with van der Waals surface area (Å²) in [6.07, 6.45) is 9.05. The highest BCUT2D eigenvalue weighted by Crippen LogP contribution is 2.33. The number of carbonyl (C=O) groups excluding carboxylic acids is 1. The molecule has 3 aliphatic rings. The Labute approximate surface area is 173 Å². The first-order valence-corrected chi connectivity index (χ1v) is 11.3. The summed E-state index contributed by atoms with van der Waals surface area (Å²) in [5.41, 5.74) is 3.38. The molecule has 0 unspecified atom stereocenters. The standard InChI is InChI=1S/C24H30N4O/c29-24(19-11-5-2-6-12-19)28-16-13-21-20(17-28)23(27-14-7-8-15-27)26-22(25-21)18-9-3-1-4-10-18/h1,3-4,9-10,19H,2,5-8,11-17H2. The molecule has 0 spiro atoms. The maximum atomic E-state index is 13.2. The summed E-state index contributed by atoms with van der Waals surface area (Å²) in [6, 6.07) is 10.3. The fourth-order valence-electron chi connectivity index (χ4n) is 5.10. The van der Waals surface area contributed by atoms with E-state index in [0.29, 0.717) is 12.5 Å². The third-order valence-corrected chi connectivity index (χ3v) is 6.74. The van der Waals surface area contributed by atoms with Crippen LogP contribution < -0.4 is 4.90 Å². The van der Waals surface area contributed by atoms with Gasteiger partial charge in [0.05, 0.1) is 12.2 Å². The van der Waals surface area contributed by atoms with Crippen LogP contribution in [0.4, 0.5) is 5.82 Å².